The van der Waals surface area contributed by atoms with E-state index in [-0.39, 0.29) is 5.78 Å². The Morgan fingerprint density at radius 3 is 1.91 bits per heavy atom. The third kappa shape index (κ3) is 4.25. The number of hydrogen-bond acceptors (Lipinski definition) is 4. The molecular formula is C25H22F2O4S. The van der Waals surface area contributed by atoms with Gasteiger partial charge in [-0.25, -0.2) is 13.6 Å². The van der Waals surface area contributed by atoms with E-state index < -0.39 is 46.5 Å². The van der Waals surface area contributed by atoms with Gasteiger partial charge in [0.1, 0.15) is 5.60 Å². The van der Waals surface area contributed by atoms with Crippen molar-refractivity contribution >= 4 is 22.6 Å². The first-order valence-corrected chi connectivity index (χ1v) is 11.4. The lowest BCUT2D eigenvalue weighted by molar-refractivity contribution is -0.157. The maximum absolute atomic E-state index is 14.9. The normalized spacial score (nSPS) is 13.9. The van der Waals surface area contributed by atoms with Crippen LogP contribution in [0.1, 0.15) is 36.7 Å². The first-order chi connectivity index (χ1) is 15.2. The van der Waals surface area contributed by atoms with Crippen molar-refractivity contribution in [3.63, 3.8) is 0 Å². The summed E-state index contributed by atoms with van der Waals surface area (Å²) in [5.74, 6) is -3.30. The third-order valence-corrected chi connectivity index (χ3v) is 7.29. The first-order valence-electron chi connectivity index (χ1n) is 10.0. The average molecular weight is 457 g/mol. The monoisotopic (exact) mass is 456 g/mol. The van der Waals surface area contributed by atoms with E-state index >= 15 is 0 Å². The first kappa shape index (κ1) is 22.0. The van der Waals surface area contributed by atoms with Gasteiger partial charge in [-0.2, -0.15) is 10.9 Å². The largest absolute Gasteiger partial charge is 0.476 e. The lowest BCUT2D eigenvalue weighted by Gasteiger charge is -2.31. The molecule has 32 heavy (non-hydrogen) atoms. The van der Waals surface area contributed by atoms with Crippen LogP contribution in [0.3, 0.4) is 0 Å². The van der Waals surface area contributed by atoms with Crippen LogP contribution < -0.4 is 4.74 Å². The fourth-order valence-corrected chi connectivity index (χ4v) is 6.19. The van der Waals surface area contributed by atoms with Crippen molar-refractivity contribution in [2.45, 2.75) is 41.1 Å². The third-order valence-electron chi connectivity index (χ3n) is 4.77. The summed E-state index contributed by atoms with van der Waals surface area (Å²) in [7, 11) is -1.36. The number of rotatable bonds is 4. The molecule has 1 aliphatic rings. The van der Waals surface area contributed by atoms with Gasteiger partial charge in [0.15, 0.2) is 29.8 Å². The second-order valence-electron chi connectivity index (χ2n) is 8.31. The molecule has 0 saturated heterocycles. The highest BCUT2D eigenvalue weighted by atomic mass is 32.2. The van der Waals surface area contributed by atoms with Crippen LogP contribution in [-0.4, -0.2) is 24.0 Å². The minimum atomic E-state index is -1.36. The highest BCUT2D eigenvalue weighted by molar-refractivity contribution is 8.17. The highest BCUT2D eigenvalue weighted by Crippen LogP contribution is 2.57. The van der Waals surface area contributed by atoms with E-state index in [1.165, 1.54) is 12.1 Å². The number of fused-ring (bicyclic) bond motifs is 2. The number of halogens is 2. The maximum atomic E-state index is 14.9. The fraction of sp³-hybridized carbons (Fsp3) is 0.200. The zero-order valence-electron chi connectivity index (χ0n) is 17.8. The molecule has 0 aliphatic carbocycles. The molecule has 0 saturated carbocycles. The van der Waals surface area contributed by atoms with Gasteiger partial charge >= 0.3 is 5.97 Å². The molecule has 0 aromatic heterocycles. The van der Waals surface area contributed by atoms with E-state index in [0.29, 0.717) is 16.0 Å². The molecule has 0 amide bonds. The van der Waals surface area contributed by atoms with Crippen LogP contribution in [0.4, 0.5) is 8.78 Å². The predicted molar refractivity (Wildman–Crippen MR) is 118 cm³/mol. The molecule has 0 spiro atoms. The summed E-state index contributed by atoms with van der Waals surface area (Å²) in [6, 6.07) is 16.7. The van der Waals surface area contributed by atoms with Crippen LogP contribution in [0.2, 0.25) is 0 Å². The van der Waals surface area contributed by atoms with Crippen molar-refractivity contribution in [2.24, 2.45) is 0 Å². The molecule has 0 N–H and O–H groups in total. The SMILES string of the molecule is CC(C)(C)OC(=O)COc1c(F)cc([SH]2c3ccccc3C(=O)c3ccccc32)cc1F. The van der Waals surface area contributed by atoms with E-state index in [2.05, 4.69) is 0 Å². The second-order valence-corrected chi connectivity index (χ2v) is 10.5. The minimum absolute atomic E-state index is 0.104. The number of ether oxygens (including phenoxy) is 2. The van der Waals surface area contributed by atoms with Crippen LogP contribution in [0.15, 0.2) is 75.4 Å². The molecule has 0 radical (unpaired) electrons. The Hall–Kier alpha value is -3.19. The van der Waals surface area contributed by atoms with Crippen molar-refractivity contribution in [3.05, 3.63) is 83.4 Å². The summed E-state index contributed by atoms with van der Waals surface area (Å²) < 4.78 is 40.0. The number of ketones is 1. The number of carbonyl (C=O) groups excluding carboxylic acids is 2. The molecular weight excluding hydrogens is 434 g/mol. The molecule has 1 heterocycles. The fourth-order valence-electron chi connectivity index (χ4n) is 3.59. The number of esters is 1. The van der Waals surface area contributed by atoms with Gasteiger partial charge in [0.25, 0.3) is 0 Å². The molecule has 0 unspecified atom stereocenters. The number of benzene rings is 3. The highest BCUT2D eigenvalue weighted by Gasteiger charge is 2.30. The van der Waals surface area contributed by atoms with Gasteiger partial charge in [-0.3, -0.25) is 4.79 Å². The van der Waals surface area contributed by atoms with E-state index in [1.807, 2.05) is 12.1 Å². The molecule has 0 bridgehead atoms. The Labute approximate surface area is 187 Å². The number of hydrogen-bond donors (Lipinski definition) is 1. The van der Waals surface area contributed by atoms with Gasteiger partial charge in [-0.15, -0.1) is 0 Å². The standard InChI is InChI=1S/C25H22F2O4S/c1-25(2,3)31-22(28)14-30-24-18(26)12-15(13-19(24)27)32-20-10-6-4-8-16(20)23(29)17-9-5-7-11-21(17)32/h4-13,32H,14H2,1-3H3. The molecule has 7 heteroatoms. The summed E-state index contributed by atoms with van der Waals surface area (Å²) in [4.78, 5) is 26.7. The summed E-state index contributed by atoms with van der Waals surface area (Å²) >= 11 is 0. The Morgan fingerprint density at radius 1 is 0.906 bits per heavy atom. The molecule has 0 fully saturated rings. The van der Waals surface area contributed by atoms with Crippen molar-refractivity contribution in [1.82, 2.24) is 0 Å². The van der Waals surface area contributed by atoms with Gasteiger partial charge in [0, 0.05) is 25.8 Å². The minimum Gasteiger partial charge on any atom is -0.476 e. The molecule has 0 atom stereocenters. The van der Waals surface area contributed by atoms with E-state index in [9.17, 15) is 18.4 Å². The Balaban J connectivity index is 1.71. The zero-order valence-corrected chi connectivity index (χ0v) is 18.7. The topological polar surface area (TPSA) is 52.6 Å². The van der Waals surface area contributed by atoms with Crippen LogP contribution in [0.25, 0.3) is 0 Å². The predicted octanol–water partition coefficient (Wildman–Crippen LogP) is 5.71. The van der Waals surface area contributed by atoms with Crippen molar-refractivity contribution in [3.8, 4) is 5.75 Å². The van der Waals surface area contributed by atoms with Crippen LogP contribution in [0.5, 0.6) is 5.75 Å². The summed E-state index contributed by atoms with van der Waals surface area (Å²) in [5, 5.41) is 0. The maximum Gasteiger partial charge on any atom is 0.344 e. The van der Waals surface area contributed by atoms with E-state index in [4.69, 9.17) is 9.47 Å². The molecule has 3 aromatic carbocycles. The summed E-state index contributed by atoms with van der Waals surface area (Å²) in [6.45, 7) is 4.45. The summed E-state index contributed by atoms with van der Waals surface area (Å²) in [5.41, 5.74) is 0.329. The second kappa shape index (κ2) is 8.39. The quantitative estimate of drug-likeness (QED) is 0.316. The van der Waals surface area contributed by atoms with Crippen LogP contribution >= 0.6 is 10.9 Å². The molecule has 4 rings (SSSR count). The molecule has 4 nitrogen and oxygen atoms in total. The van der Waals surface area contributed by atoms with Crippen molar-refractivity contribution in [2.75, 3.05) is 6.61 Å². The van der Waals surface area contributed by atoms with Crippen LogP contribution in [0, 0.1) is 11.6 Å². The molecule has 3 aromatic rings. The summed E-state index contributed by atoms with van der Waals surface area (Å²) in [6.07, 6.45) is 0. The lowest BCUT2D eigenvalue weighted by Crippen LogP contribution is -2.27. The smallest absolute Gasteiger partial charge is 0.344 e. The number of thiol groups is 1. The Bertz CT molecular complexity index is 1140. The van der Waals surface area contributed by atoms with E-state index in [1.54, 1.807) is 57.2 Å². The van der Waals surface area contributed by atoms with E-state index in [0.717, 1.165) is 9.79 Å². The molecule has 1 aliphatic heterocycles. The van der Waals surface area contributed by atoms with Crippen LogP contribution in [-0.2, 0) is 9.53 Å². The number of carbonyl (C=O) groups is 2. The van der Waals surface area contributed by atoms with Gasteiger partial charge in [-0.05, 0) is 57.2 Å². The van der Waals surface area contributed by atoms with Gasteiger partial charge in [0.05, 0.1) is 0 Å². The van der Waals surface area contributed by atoms with Gasteiger partial charge in [-0.1, -0.05) is 24.3 Å². The Kier molecular flexibility index (Phi) is 5.77. The van der Waals surface area contributed by atoms with Gasteiger partial charge in [0.2, 0.25) is 0 Å². The Morgan fingerprint density at radius 2 is 1.41 bits per heavy atom. The van der Waals surface area contributed by atoms with Crippen molar-refractivity contribution < 1.29 is 27.8 Å². The zero-order chi connectivity index (χ0) is 23.0. The van der Waals surface area contributed by atoms with Gasteiger partial charge < -0.3 is 9.47 Å². The lowest BCUT2D eigenvalue weighted by atomic mass is 10.0. The van der Waals surface area contributed by atoms with Crippen molar-refractivity contribution in [1.29, 1.82) is 0 Å². The molecule has 166 valence electrons. The average Bonchev–Trinajstić information content (AvgIpc) is 2.72.